The molecule has 0 aliphatic carbocycles. The Morgan fingerprint density at radius 1 is 1.24 bits per heavy atom. The summed E-state index contributed by atoms with van der Waals surface area (Å²) in [6.45, 7) is 5.66. The van der Waals surface area contributed by atoms with Crippen LogP contribution in [0.1, 0.15) is 19.4 Å². The molecular formula is C11H19ClN2O2S. The number of halogens is 1. The highest BCUT2D eigenvalue weighted by atomic mass is 35.5. The summed E-state index contributed by atoms with van der Waals surface area (Å²) in [4.78, 5) is 0.266. The zero-order chi connectivity index (χ0) is 12.4. The predicted octanol–water partition coefficient (Wildman–Crippen LogP) is 1.43. The molecule has 4 nitrogen and oxygen atoms in total. The standard InChI is InChI=1S/C11H18N2O2S.ClH/c1-9-4-6-10(7-5-9)16(14,15)13-8-11(2,3)12;/h4-7,13H,8,12H2,1-3H3;1H. The molecule has 0 aliphatic rings. The second-order valence-corrected chi connectivity index (χ2v) is 6.39. The lowest BCUT2D eigenvalue weighted by molar-refractivity contribution is 0.498. The van der Waals surface area contributed by atoms with Crippen molar-refractivity contribution >= 4 is 22.4 Å². The highest BCUT2D eigenvalue weighted by Gasteiger charge is 2.18. The van der Waals surface area contributed by atoms with Crippen molar-refractivity contribution in [2.45, 2.75) is 31.2 Å². The van der Waals surface area contributed by atoms with Gasteiger partial charge in [0.15, 0.2) is 0 Å². The van der Waals surface area contributed by atoms with E-state index in [0.717, 1.165) is 5.56 Å². The van der Waals surface area contributed by atoms with Gasteiger partial charge in [-0.15, -0.1) is 12.4 Å². The average Bonchev–Trinajstić information content (AvgIpc) is 2.15. The van der Waals surface area contributed by atoms with E-state index in [0.29, 0.717) is 0 Å². The molecule has 17 heavy (non-hydrogen) atoms. The summed E-state index contributed by atoms with van der Waals surface area (Å²) >= 11 is 0. The van der Waals surface area contributed by atoms with Gasteiger partial charge in [-0.2, -0.15) is 0 Å². The van der Waals surface area contributed by atoms with Crippen LogP contribution in [0.5, 0.6) is 0 Å². The Morgan fingerprint density at radius 2 is 1.71 bits per heavy atom. The molecule has 1 aromatic carbocycles. The highest BCUT2D eigenvalue weighted by Crippen LogP contribution is 2.10. The van der Waals surface area contributed by atoms with Gasteiger partial charge in [0.25, 0.3) is 0 Å². The quantitative estimate of drug-likeness (QED) is 0.875. The molecule has 0 saturated carbocycles. The van der Waals surface area contributed by atoms with Gasteiger partial charge >= 0.3 is 0 Å². The van der Waals surface area contributed by atoms with Crippen molar-refractivity contribution in [1.29, 1.82) is 0 Å². The molecule has 0 saturated heterocycles. The maximum absolute atomic E-state index is 11.8. The summed E-state index contributed by atoms with van der Waals surface area (Å²) in [5.74, 6) is 0. The monoisotopic (exact) mass is 278 g/mol. The summed E-state index contributed by atoms with van der Waals surface area (Å²) in [6, 6.07) is 6.70. The summed E-state index contributed by atoms with van der Waals surface area (Å²) in [6.07, 6.45) is 0. The lowest BCUT2D eigenvalue weighted by Crippen LogP contribution is -2.45. The molecule has 0 spiro atoms. The Hall–Kier alpha value is -0.620. The second kappa shape index (κ2) is 5.82. The van der Waals surface area contributed by atoms with Gasteiger partial charge in [-0.1, -0.05) is 17.7 Å². The number of benzene rings is 1. The smallest absolute Gasteiger partial charge is 0.240 e. The zero-order valence-corrected chi connectivity index (χ0v) is 11.9. The maximum atomic E-state index is 11.8. The number of nitrogens with one attached hydrogen (secondary N) is 1. The first-order chi connectivity index (χ1) is 7.21. The van der Waals surface area contributed by atoms with Crippen LogP contribution in [-0.2, 0) is 10.0 Å². The van der Waals surface area contributed by atoms with Gasteiger partial charge in [0.05, 0.1) is 4.90 Å². The molecule has 0 amide bonds. The Kier molecular flexibility index (Phi) is 5.61. The minimum atomic E-state index is -3.44. The van der Waals surface area contributed by atoms with Crippen LogP contribution in [0.2, 0.25) is 0 Å². The van der Waals surface area contributed by atoms with Gasteiger partial charge in [0.2, 0.25) is 10.0 Å². The van der Waals surface area contributed by atoms with Crippen molar-refractivity contribution in [3.63, 3.8) is 0 Å². The average molecular weight is 279 g/mol. The van der Waals surface area contributed by atoms with Crippen LogP contribution in [0.15, 0.2) is 29.2 Å². The molecule has 0 bridgehead atoms. The van der Waals surface area contributed by atoms with E-state index in [9.17, 15) is 8.42 Å². The molecule has 1 rings (SSSR count). The highest BCUT2D eigenvalue weighted by molar-refractivity contribution is 7.89. The molecule has 0 heterocycles. The lowest BCUT2D eigenvalue weighted by Gasteiger charge is -2.18. The third-order valence-electron chi connectivity index (χ3n) is 2.05. The first kappa shape index (κ1) is 16.4. The van der Waals surface area contributed by atoms with E-state index in [1.807, 2.05) is 6.92 Å². The Morgan fingerprint density at radius 3 is 2.12 bits per heavy atom. The molecular weight excluding hydrogens is 260 g/mol. The van der Waals surface area contributed by atoms with Gasteiger partial charge < -0.3 is 5.73 Å². The molecule has 0 aliphatic heterocycles. The van der Waals surface area contributed by atoms with Crippen molar-refractivity contribution in [3.8, 4) is 0 Å². The van der Waals surface area contributed by atoms with Crippen LogP contribution in [0, 0.1) is 6.92 Å². The molecule has 0 fully saturated rings. The van der Waals surface area contributed by atoms with Gasteiger partial charge in [0, 0.05) is 12.1 Å². The number of hydrogen-bond acceptors (Lipinski definition) is 3. The normalized spacial score (nSPS) is 12.0. The van der Waals surface area contributed by atoms with E-state index in [2.05, 4.69) is 4.72 Å². The van der Waals surface area contributed by atoms with Crippen LogP contribution in [-0.4, -0.2) is 20.5 Å². The van der Waals surface area contributed by atoms with Crippen molar-refractivity contribution in [2.75, 3.05) is 6.54 Å². The van der Waals surface area contributed by atoms with Gasteiger partial charge in [-0.3, -0.25) is 0 Å². The number of aryl methyl sites for hydroxylation is 1. The summed E-state index contributed by atoms with van der Waals surface area (Å²) in [5.41, 5.74) is 6.19. The fourth-order valence-corrected chi connectivity index (χ4v) is 2.30. The molecule has 3 N–H and O–H groups in total. The van der Waals surface area contributed by atoms with E-state index in [4.69, 9.17) is 5.73 Å². The van der Waals surface area contributed by atoms with Crippen LogP contribution >= 0.6 is 12.4 Å². The molecule has 0 unspecified atom stereocenters. The maximum Gasteiger partial charge on any atom is 0.240 e. The lowest BCUT2D eigenvalue weighted by atomic mass is 10.1. The largest absolute Gasteiger partial charge is 0.324 e. The third kappa shape index (κ3) is 5.50. The Bertz CT molecular complexity index is 449. The molecule has 0 radical (unpaired) electrons. The van der Waals surface area contributed by atoms with E-state index in [1.54, 1.807) is 38.1 Å². The predicted molar refractivity (Wildman–Crippen MR) is 71.9 cm³/mol. The Labute approximate surface area is 109 Å². The van der Waals surface area contributed by atoms with Crippen LogP contribution in [0.25, 0.3) is 0 Å². The Balaban J connectivity index is 0.00000256. The summed E-state index contributed by atoms with van der Waals surface area (Å²) < 4.78 is 26.1. The SMILES string of the molecule is Cc1ccc(S(=O)(=O)NCC(C)(C)N)cc1.Cl. The van der Waals surface area contributed by atoms with Gasteiger partial charge in [-0.05, 0) is 32.9 Å². The molecule has 6 heteroatoms. The van der Waals surface area contributed by atoms with Crippen LogP contribution < -0.4 is 10.5 Å². The van der Waals surface area contributed by atoms with Crippen molar-refractivity contribution in [3.05, 3.63) is 29.8 Å². The minimum Gasteiger partial charge on any atom is -0.324 e. The first-order valence-electron chi connectivity index (χ1n) is 5.06. The van der Waals surface area contributed by atoms with Gasteiger partial charge in [-0.25, -0.2) is 13.1 Å². The number of rotatable bonds is 4. The number of sulfonamides is 1. The number of hydrogen-bond donors (Lipinski definition) is 2. The minimum absolute atomic E-state index is 0. The topological polar surface area (TPSA) is 72.2 Å². The van der Waals surface area contributed by atoms with E-state index in [-0.39, 0.29) is 23.8 Å². The first-order valence-corrected chi connectivity index (χ1v) is 6.54. The second-order valence-electron chi connectivity index (χ2n) is 4.63. The molecule has 98 valence electrons. The van der Waals surface area contributed by atoms with Crippen LogP contribution in [0.4, 0.5) is 0 Å². The summed E-state index contributed by atoms with van der Waals surface area (Å²) in [7, 11) is -3.44. The van der Waals surface area contributed by atoms with E-state index >= 15 is 0 Å². The fraction of sp³-hybridized carbons (Fsp3) is 0.455. The van der Waals surface area contributed by atoms with E-state index < -0.39 is 15.6 Å². The zero-order valence-electron chi connectivity index (χ0n) is 10.2. The number of nitrogens with two attached hydrogens (primary N) is 1. The third-order valence-corrected chi connectivity index (χ3v) is 3.47. The fourth-order valence-electron chi connectivity index (χ4n) is 1.08. The molecule has 0 aromatic heterocycles. The van der Waals surface area contributed by atoms with E-state index in [1.165, 1.54) is 0 Å². The van der Waals surface area contributed by atoms with Gasteiger partial charge in [0.1, 0.15) is 0 Å². The van der Waals surface area contributed by atoms with Crippen molar-refractivity contribution < 1.29 is 8.42 Å². The summed E-state index contributed by atoms with van der Waals surface area (Å²) in [5, 5.41) is 0. The van der Waals surface area contributed by atoms with Crippen LogP contribution in [0.3, 0.4) is 0 Å². The molecule has 1 aromatic rings. The van der Waals surface area contributed by atoms with Crippen molar-refractivity contribution in [1.82, 2.24) is 4.72 Å². The van der Waals surface area contributed by atoms with Crippen molar-refractivity contribution in [2.24, 2.45) is 5.73 Å². The molecule has 0 atom stereocenters.